The van der Waals surface area contributed by atoms with E-state index in [0.717, 1.165) is 23.5 Å². The first kappa shape index (κ1) is 22.6. The molecule has 3 aromatic rings. The molecule has 1 fully saturated rings. The van der Waals surface area contributed by atoms with Gasteiger partial charge in [-0.25, -0.2) is 12.8 Å². The maximum Gasteiger partial charge on any atom is 0.417 e. The lowest BCUT2D eigenvalue weighted by molar-refractivity contribution is -0.266. The number of aromatic amines is 1. The van der Waals surface area contributed by atoms with Crippen molar-refractivity contribution >= 4 is 42.8 Å². The molecule has 2 aromatic heterocycles. The van der Waals surface area contributed by atoms with Crippen molar-refractivity contribution in [2.75, 3.05) is 22.7 Å². The molecule has 32 heavy (non-hydrogen) atoms. The predicted molar refractivity (Wildman–Crippen MR) is 112 cm³/mol. The third-order valence-corrected chi connectivity index (χ3v) is 8.37. The Morgan fingerprint density at radius 1 is 1.16 bits per heavy atom. The predicted octanol–water partition coefficient (Wildman–Crippen LogP) is 3.42. The van der Waals surface area contributed by atoms with Crippen molar-refractivity contribution in [2.45, 2.75) is 28.8 Å². The molecule has 1 aromatic carbocycles. The van der Waals surface area contributed by atoms with Crippen molar-refractivity contribution < 1.29 is 31.1 Å². The van der Waals surface area contributed by atoms with Gasteiger partial charge in [0.1, 0.15) is 10.0 Å². The largest absolute Gasteiger partial charge is 0.417 e. The molecular formula is C19H17F4N3O4S2. The molecule has 0 atom stereocenters. The minimum atomic E-state index is -4.74. The van der Waals surface area contributed by atoms with E-state index in [-0.39, 0.29) is 22.7 Å². The average Bonchev–Trinajstić information content (AvgIpc) is 3.20. The number of nitrogens with zero attached hydrogens (tertiary/aromatic N) is 1. The number of H-pyrrole nitrogens is 1. The molecule has 0 unspecified atom stereocenters. The number of pyridine rings is 1. The zero-order chi connectivity index (χ0) is 23.3. The summed E-state index contributed by atoms with van der Waals surface area (Å²) in [5, 5.41) is 10.6. The number of halogens is 4. The van der Waals surface area contributed by atoms with E-state index < -0.39 is 51.7 Å². The number of thiophene rings is 1. The van der Waals surface area contributed by atoms with Gasteiger partial charge >= 0.3 is 6.18 Å². The van der Waals surface area contributed by atoms with Gasteiger partial charge in [-0.05, 0) is 35.7 Å². The summed E-state index contributed by atoms with van der Waals surface area (Å²) in [6, 6.07) is 6.31. The highest BCUT2D eigenvalue weighted by atomic mass is 32.2. The van der Waals surface area contributed by atoms with E-state index in [9.17, 15) is 35.9 Å². The Labute approximate surface area is 183 Å². The summed E-state index contributed by atoms with van der Waals surface area (Å²) < 4.78 is 80.8. The van der Waals surface area contributed by atoms with E-state index in [4.69, 9.17) is 0 Å². The number of hydrogen-bond donors (Lipinski definition) is 3. The number of benzene rings is 1. The fourth-order valence-corrected chi connectivity index (χ4v) is 5.89. The highest BCUT2D eigenvalue weighted by molar-refractivity contribution is 7.94. The normalized spacial score (nSPS) is 17.0. The van der Waals surface area contributed by atoms with Crippen LogP contribution in [-0.2, 0) is 10.0 Å². The average molecular weight is 491 g/mol. The van der Waals surface area contributed by atoms with E-state index in [2.05, 4.69) is 9.71 Å². The monoisotopic (exact) mass is 491 g/mol. The van der Waals surface area contributed by atoms with Crippen molar-refractivity contribution in [3.05, 3.63) is 52.7 Å². The van der Waals surface area contributed by atoms with Gasteiger partial charge < -0.3 is 15.0 Å². The zero-order valence-electron chi connectivity index (χ0n) is 16.2. The molecule has 3 heterocycles. The maximum atomic E-state index is 14.4. The summed E-state index contributed by atoms with van der Waals surface area (Å²) in [4.78, 5) is 15.9. The summed E-state index contributed by atoms with van der Waals surface area (Å²) >= 11 is 0.808. The van der Waals surface area contributed by atoms with Crippen molar-refractivity contribution in [1.82, 2.24) is 4.98 Å². The minimum absolute atomic E-state index is 0.101. The smallest absolute Gasteiger partial charge is 0.380 e. The van der Waals surface area contributed by atoms with Crippen molar-refractivity contribution in [3.8, 4) is 0 Å². The van der Waals surface area contributed by atoms with Crippen LogP contribution >= 0.6 is 11.3 Å². The lowest BCUT2D eigenvalue weighted by Crippen LogP contribution is -2.53. The lowest BCUT2D eigenvalue weighted by atomic mass is 9.91. The van der Waals surface area contributed by atoms with E-state index in [0.29, 0.717) is 10.4 Å². The molecule has 0 bridgehead atoms. The second kappa shape index (κ2) is 7.74. The van der Waals surface area contributed by atoms with Crippen molar-refractivity contribution in [3.63, 3.8) is 0 Å². The summed E-state index contributed by atoms with van der Waals surface area (Å²) in [7, 11) is -4.22. The molecule has 0 aliphatic carbocycles. The molecule has 1 aliphatic heterocycles. The molecule has 0 radical (unpaired) electrons. The Hall–Kier alpha value is -2.64. The number of fused-ring (bicyclic) bond motifs is 1. The molecule has 7 nitrogen and oxygen atoms in total. The van der Waals surface area contributed by atoms with Gasteiger partial charge in [-0.15, -0.1) is 11.3 Å². The second-order valence-corrected chi connectivity index (χ2v) is 10.4. The first-order valence-corrected chi connectivity index (χ1v) is 11.7. The van der Waals surface area contributed by atoms with E-state index in [1.165, 1.54) is 24.4 Å². The first-order chi connectivity index (χ1) is 14.9. The van der Waals surface area contributed by atoms with Gasteiger partial charge in [-0.3, -0.25) is 9.52 Å². The fraction of sp³-hybridized carbons (Fsp3) is 0.316. The molecule has 1 aliphatic rings. The molecule has 0 spiro atoms. The van der Waals surface area contributed by atoms with Gasteiger partial charge in [-0.1, -0.05) is 0 Å². The molecule has 1 saturated heterocycles. The number of rotatable bonds is 4. The maximum absolute atomic E-state index is 14.4. The minimum Gasteiger partial charge on any atom is -0.380 e. The molecular weight excluding hydrogens is 474 g/mol. The van der Waals surface area contributed by atoms with Gasteiger partial charge in [0, 0.05) is 37.5 Å². The van der Waals surface area contributed by atoms with Gasteiger partial charge in [0.05, 0.1) is 10.7 Å². The lowest BCUT2D eigenvalue weighted by Gasteiger charge is -2.39. The number of alkyl halides is 3. The van der Waals surface area contributed by atoms with Crippen LogP contribution in [0.25, 0.3) is 10.8 Å². The van der Waals surface area contributed by atoms with Crippen molar-refractivity contribution in [2.24, 2.45) is 0 Å². The molecule has 3 N–H and O–H groups in total. The number of anilines is 2. The third-order valence-electron chi connectivity index (χ3n) is 5.37. The van der Waals surface area contributed by atoms with Crippen LogP contribution in [0.2, 0.25) is 0 Å². The quantitative estimate of drug-likeness (QED) is 0.486. The highest BCUT2D eigenvalue weighted by Gasteiger charge is 2.54. The van der Waals surface area contributed by atoms with E-state index in [1.807, 2.05) is 0 Å². The van der Waals surface area contributed by atoms with Crippen LogP contribution in [-0.4, -0.2) is 43.4 Å². The van der Waals surface area contributed by atoms with Gasteiger partial charge in [-0.2, -0.15) is 13.2 Å². The number of aromatic nitrogens is 1. The number of aliphatic hydroxyl groups is 1. The summed E-state index contributed by atoms with van der Waals surface area (Å²) in [6.07, 6.45) is -4.47. The Balaban J connectivity index is 1.54. The molecule has 172 valence electrons. The SMILES string of the molecule is O=c1[nH]ccc2cc(F)c(NS(=O)(=O)c3ccc(N4CCC(O)(C(F)(F)F)CC4)s3)cc12. The van der Waals surface area contributed by atoms with Crippen LogP contribution in [0.1, 0.15) is 12.8 Å². The Bertz CT molecular complexity index is 1330. The fourth-order valence-electron chi connectivity index (χ4n) is 3.49. The molecule has 13 heteroatoms. The second-order valence-electron chi connectivity index (χ2n) is 7.44. The van der Waals surface area contributed by atoms with E-state index >= 15 is 0 Å². The van der Waals surface area contributed by atoms with Crippen LogP contribution in [0.3, 0.4) is 0 Å². The van der Waals surface area contributed by atoms with Crippen LogP contribution in [0.4, 0.5) is 28.3 Å². The number of sulfonamides is 1. The first-order valence-electron chi connectivity index (χ1n) is 9.37. The number of hydrogen-bond acceptors (Lipinski definition) is 6. The number of nitrogens with one attached hydrogen (secondary N) is 2. The van der Waals surface area contributed by atoms with Crippen LogP contribution in [0.5, 0.6) is 0 Å². The molecule has 0 amide bonds. The zero-order valence-corrected chi connectivity index (χ0v) is 17.9. The van der Waals surface area contributed by atoms with Crippen LogP contribution < -0.4 is 15.2 Å². The highest BCUT2D eigenvalue weighted by Crippen LogP contribution is 2.41. The van der Waals surface area contributed by atoms with E-state index in [1.54, 1.807) is 4.90 Å². The van der Waals surface area contributed by atoms with Gasteiger partial charge in [0.15, 0.2) is 5.60 Å². The number of piperidine rings is 1. The van der Waals surface area contributed by atoms with Crippen LogP contribution in [0, 0.1) is 5.82 Å². The van der Waals surface area contributed by atoms with Gasteiger partial charge in [0.2, 0.25) is 0 Å². The van der Waals surface area contributed by atoms with Crippen LogP contribution in [0.15, 0.2) is 45.5 Å². The summed E-state index contributed by atoms with van der Waals surface area (Å²) in [5.41, 5.74) is -3.68. The van der Waals surface area contributed by atoms with Crippen molar-refractivity contribution in [1.29, 1.82) is 0 Å². The van der Waals surface area contributed by atoms with Gasteiger partial charge in [0.25, 0.3) is 15.6 Å². The summed E-state index contributed by atoms with van der Waals surface area (Å²) in [5.74, 6) is -0.870. The topological polar surface area (TPSA) is 102 Å². The molecule has 0 saturated carbocycles. The Morgan fingerprint density at radius 3 is 2.50 bits per heavy atom. The third kappa shape index (κ3) is 4.07. The summed E-state index contributed by atoms with van der Waals surface area (Å²) in [6.45, 7) is -0.211. The Morgan fingerprint density at radius 2 is 1.84 bits per heavy atom. The molecule has 4 rings (SSSR count). The Kier molecular flexibility index (Phi) is 5.46. The standard InChI is InChI=1S/C19H17F4N3O4S2/c20-13-9-11-3-6-24-17(27)12(11)10-14(13)25-32(29,30)16-2-1-15(31-16)26-7-4-18(28,5-8-26)19(21,22)23/h1-3,6,9-10,25,28H,4-5,7-8H2,(H,24,27).